The summed E-state index contributed by atoms with van der Waals surface area (Å²) in [5, 5.41) is 0. The number of esters is 1. The van der Waals surface area contributed by atoms with Gasteiger partial charge in [-0.1, -0.05) is 0 Å². The normalized spacial score (nSPS) is 44.2. The van der Waals surface area contributed by atoms with E-state index in [1.54, 1.807) is 20.8 Å². The largest absolute Gasteiger partial charge is 0.459 e. The number of nitrogens with two attached hydrogens (primary N) is 1. The Kier molecular flexibility index (Phi) is 3.22. The molecule has 4 saturated carbocycles. The number of halogens is 3. The zero-order chi connectivity index (χ0) is 16.6. The van der Waals surface area contributed by atoms with Crippen LogP contribution in [0.25, 0.3) is 0 Å². The number of hydrogen-bond acceptors (Lipinski definition) is 3. The van der Waals surface area contributed by atoms with Crippen molar-refractivity contribution in [2.75, 3.05) is 0 Å². The van der Waals surface area contributed by atoms with Gasteiger partial charge in [0, 0.05) is 0 Å². The van der Waals surface area contributed by atoms with E-state index < -0.39 is 40.5 Å². The summed E-state index contributed by atoms with van der Waals surface area (Å²) < 4.78 is 46.1. The Morgan fingerprint density at radius 3 is 2.00 bits per heavy atom. The van der Waals surface area contributed by atoms with Crippen molar-refractivity contribution in [1.82, 2.24) is 0 Å². The van der Waals surface area contributed by atoms with Crippen molar-refractivity contribution in [2.24, 2.45) is 28.9 Å². The van der Waals surface area contributed by atoms with E-state index in [1.165, 1.54) is 0 Å². The minimum atomic E-state index is -4.21. The van der Waals surface area contributed by atoms with E-state index >= 15 is 0 Å². The van der Waals surface area contributed by atoms with Gasteiger partial charge in [-0.2, -0.15) is 13.2 Å². The lowest BCUT2D eigenvalue weighted by Crippen LogP contribution is -2.71. The molecule has 22 heavy (non-hydrogen) atoms. The lowest BCUT2D eigenvalue weighted by atomic mass is 9.43. The number of rotatable bonds is 1. The van der Waals surface area contributed by atoms with Crippen LogP contribution in [0.5, 0.6) is 0 Å². The quantitative estimate of drug-likeness (QED) is 0.754. The van der Waals surface area contributed by atoms with Gasteiger partial charge in [-0.25, -0.2) is 0 Å². The summed E-state index contributed by atoms with van der Waals surface area (Å²) in [6, 6.07) is 0. The van der Waals surface area contributed by atoms with E-state index in [2.05, 4.69) is 0 Å². The summed E-state index contributed by atoms with van der Waals surface area (Å²) in [6.07, 6.45) is -2.83. The monoisotopic (exact) mass is 319 g/mol. The van der Waals surface area contributed by atoms with Crippen LogP contribution in [0.2, 0.25) is 0 Å². The summed E-state index contributed by atoms with van der Waals surface area (Å²) in [7, 11) is 0. The van der Waals surface area contributed by atoms with Crippen molar-refractivity contribution < 1.29 is 22.7 Å². The lowest BCUT2D eigenvalue weighted by molar-refractivity contribution is -0.284. The van der Waals surface area contributed by atoms with E-state index in [0.29, 0.717) is 12.8 Å². The molecule has 4 bridgehead atoms. The number of carbonyl (C=O) groups excluding carboxylic acids is 1. The van der Waals surface area contributed by atoms with Gasteiger partial charge in [-0.05, 0) is 70.6 Å². The predicted molar refractivity (Wildman–Crippen MR) is 74.8 cm³/mol. The number of carbonyl (C=O) groups is 1. The maximum absolute atomic E-state index is 13.6. The van der Waals surface area contributed by atoms with Crippen molar-refractivity contribution in [1.29, 1.82) is 0 Å². The SMILES string of the molecule is CC(C)(C)OC(=O)C1(N)C2CC3CC1CC(C(F)(F)F)(C3)C2. The molecule has 2 unspecified atom stereocenters. The highest BCUT2D eigenvalue weighted by atomic mass is 19.4. The minimum absolute atomic E-state index is 0.0285. The molecule has 0 radical (unpaired) electrons. The van der Waals surface area contributed by atoms with Gasteiger partial charge in [0.1, 0.15) is 11.1 Å². The summed E-state index contributed by atoms with van der Waals surface area (Å²) in [4.78, 5) is 12.6. The Hall–Kier alpha value is -0.780. The maximum atomic E-state index is 13.6. The molecular formula is C16H24F3NO2. The standard InChI is InChI=1S/C16H24F3NO2/c1-13(2,3)22-12(21)15(20)10-4-9-5-11(15)8-14(6-9,7-10)16(17,18)19/h9-11H,4-8,20H2,1-3H3. The Balaban J connectivity index is 1.91. The first kappa shape index (κ1) is 16.1. The van der Waals surface area contributed by atoms with Crippen molar-refractivity contribution in [3.63, 3.8) is 0 Å². The molecular weight excluding hydrogens is 295 g/mol. The van der Waals surface area contributed by atoms with Crippen LogP contribution in [-0.4, -0.2) is 23.3 Å². The second-order valence-corrected chi connectivity index (χ2v) is 8.56. The number of ether oxygens (including phenoxy) is 1. The molecule has 0 aromatic rings. The molecule has 0 spiro atoms. The zero-order valence-electron chi connectivity index (χ0n) is 13.3. The fourth-order valence-electron chi connectivity index (χ4n) is 5.09. The second kappa shape index (κ2) is 4.40. The van der Waals surface area contributed by atoms with Gasteiger partial charge in [-0.15, -0.1) is 0 Å². The Morgan fingerprint density at radius 2 is 1.59 bits per heavy atom. The fraction of sp³-hybridized carbons (Fsp3) is 0.938. The molecule has 0 amide bonds. The van der Waals surface area contributed by atoms with E-state index in [-0.39, 0.29) is 25.2 Å². The Labute approximate surface area is 128 Å². The molecule has 4 aliphatic carbocycles. The molecule has 126 valence electrons. The average molecular weight is 319 g/mol. The summed E-state index contributed by atoms with van der Waals surface area (Å²) in [6.45, 7) is 5.25. The third-order valence-corrected chi connectivity index (χ3v) is 5.89. The predicted octanol–water partition coefficient (Wildman–Crippen LogP) is 3.41. The number of hydrogen-bond donors (Lipinski definition) is 1. The lowest BCUT2D eigenvalue weighted by Gasteiger charge is -2.63. The van der Waals surface area contributed by atoms with Gasteiger partial charge in [0.2, 0.25) is 0 Å². The highest BCUT2D eigenvalue weighted by Gasteiger charge is 2.71. The number of alkyl halides is 3. The molecule has 0 heterocycles. The van der Waals surface area contributed by atoms with Gasteiger partial charge in [0.15, 0.2) is 0 Å². The van der Waals surface area contributed by atoms with Gasteiger partial charge in [0.25, 0.3) is 0 Å². The van der Waals surface area contributed by atoms with Crippen LogP contribution in [-0.2, 0) is 9.53 Å². The molecule has 4 fully saturated rings. The zero-order valence-corrected chi connectivity index (χ0v) is 13.3. The first-order valence-corrected chi connectivity index (χ1v) is 7.96. The molecule has 4 aliphatic rings. The van der Waals surface area contributed by atoms with Crippen LogP contribution in [0.15, 0.2) is 0 Å². The molecule has 0 aromatic heterocycles. The van der Waals surface area contributed by atoms with Crippen molar-refractivity contribution >= 4 is 5.97 Å². The van der Waals surface area contributed by atoms with E-state index in [0.717, 1.165) is 0 Å². The van der Waals surface area contributed by atoms with Crippen molar-refractivity contribution in [3.8, 4) is 0 Å². The van der Waals surface area contributed by atoms with E-state index in [1.807, 2.05) is 0 Å². The molecule has 2 N–H and O–H groups in total. The summed E-state index contributed by atoms with van der Waals surface area (Å²) >= 11 is 0. The van der Waals surface area contributed by atoms with Crippen LogP contribution in [0, 0.1) is 23.2 Å². The third kappa shape index (κ3) is 2.17. The highest BCUT2D eigenvalue weighted by molar-refractivity contribution is 5.82. The first-order chi connectivity index (χ1) is 9.87. The molecule has 0 aliphatic heterocycles. The van der Waals surface area contributed by atoms with Crippen LogP contribution in [0.1, 0.15) is 52.9 Å². The van der Waals surface area contributed by atoms with Crippen molar-refractivity contribution in [3.05, 3.63) is 0 Å². The van der Waals surface area contributed by atoms with Crippen molar-refractivity contribution in [2.45, 2.75) is 70.2 Å². The molecule has 2 atom stereocenters. The average Bonchev–Trinajstić information content (AvgIpc) is 2.31. The minimum Gasteiger partial charge on any atom is -0.459 e. The summed E-state index contributed by atoms with van der Waals surface area (Å²) in [5.74, 6) is -1.32. The first-order valence-electron chi connectivity index (χ1n) is 7.96. The molecule has 0 aromatic carbocycles. The smallest absolute Gasteiger partial charge is 0.394 e. The van der Waals surface area contributed by atoms with Crippen LogP contribution < -0.4 is 5.73 Å². The highest BCUT2D eigenvalue weighted by Crippen LogP contribution is 2.67. The van der Waals surface area contributed by atoms with Gasteiger partial charge in [0.05, 0.1) is 5.41 Å². The van der Waals surface area contributed by atoms with Gasteiger partial charge >= 0.3 is 12.1 Å². The molecule has 3 nitrogen and oxygen atoms in total. The fourth-order valence-corrected chi connectivity index (χ4v) is 5.09. The third-order valence-electron chi connectivity index (χ3n) is 5.89. The molecule has 0 saturated heterocycles. The van der Waals surface area contributed by atoms with E-state index in [9.17, 15) is 18.0 Å². The molecule has 4 rings (SSSR count). The maximum Gasteiger partial charge on any atom is 0.394 e. The molecule has 6 heteroatoms. The Bertz CT molecular complexity index is 479. The van der Waals surface area contributed by atoms with Crippen LogP contribution in [0.4, 0.5) is 13.2 Å². The van der Waals surface area contributed by atoms with E-state index in [4.69, 9.17) is 10.5 Å². The second-order valence-electron chi connectivity index (χ2n) is 8.56. The van der Waals surface area contributed by atoms with Crippen LogP contribution in [0.3, 0.4) is 0 Å². The summed E-state index contributed by atoms with van der Waals surface area (Å²) in [5.41, 5.74) is 2.84. The Morgan fingerprint density at radius 1 is 1.09 bits per heavy atom. The van der Waals surface area contributed by atoms with Gasteiger partial charge < -0.3 is 10.5 Å². The van der Waals surface area contributed by atoms with Gasteiger partial charge in [-0.3, -0.25) is 4.79 Å². The topological polar surface area (TPSA) is 52.3 Å². The van der Waals surface area contributed by atoms with Crippen LogP contribution >= 0.6 is 0 Å².